The monoisotopic (exact) mass is 193 g/mol. The molecule has 0 spiro atoms. The van der Waals surface area contributed by atoms with Gasteiger partial charge in [-0.05, 0) is 18.4 Å². The fraction of sp³-hybridized carbons (Fsp3) is 0.636. The average Bonchev–Trinajstić information content (AvgIpc) is 2.22. The summed E-state index contributed by atoms with van der Waals surface area (Å²) in [6.07, 6.45) is 6.08. The quantitative estimate of drug-likeness (QED) is 0.781. The van der Waals surface area contributed by atoms with Gasteiger partial charge in [-0.1, -0.05) is 26.7 Å². The molecule has 0 saturated heterocycles. The van der Waals surface area contributed by atoms with E-state index in [2.05, 4.69) is 29.1 Å². The summed E-state index contributed by atoms with van der Waals surface area (Å²) in [4.78, 5) is 8.39. The van der Waals surface area contributed by atoms with Crippen LogP contribution in [0.4, 0.5) is 5.95 Å². The van der Waals surface area contributed by atoms with Crippen LogP contribution >= 0.6 is 0 Å². The number of anilines is 1. The van der Waals surface area contributed by atoms with Gasteiger partial charge in [-0.2, -0.15) is 0 Å². The second-order valence-corrected chi connectivity index (χ2v) is 3.65. The highest BCUT2D eigenvalue weighted by Crippen LogP contribution is 2.08. The summed E-state index contributed by atoms with van der Waals surface area (Å²) in [6, 6.07) is 0. The lowest BCUT2D eigenvalue weighted by atomic mass is 10.0. The molecule has 0 amide bonds. The minimum atomic E-state index is 0.722. The summed E-state index contributed by atoms with van der Waals surface area (Å²) in [5, 5.41) is 3.25. The van der Waals surface area contributed by atoms with Crippen molar-refractivity contribution in [2.75, 3.05) is 11.9 Å². The molecule has 3 nitrogen and oxygen atoms in total. The Morgan fingerprint density at radius 1 is 1.21 bits per heavy atom. The Kier molecular flexibility index (Phi) is 4.36. The first-order chi connectivity index (χ1) is 6.76. The molecule has 0 aliphatic rings. The molecule has 0 aliphatic heterocycles. The van der Waals surface area contributed by atoms with Gasteiger partial charge in [-0.25, -0.2) is 9.97 Å². The van der Waals surface area contributed by atoms with Crippen LogP contribution in [0.5, 0.6) is 0 Å². The Bertz CT molecular complexity index is 252. The summed E-state index contributed by atoms with van der Waals surface area (Å²) >= 11 is 0. The molecule has 0 bridgehead atoms. The second-order valence-electron chi connectivity index (χ2n) is 3.65. The molecule has 0 fully saturated rings. The van der Waals surface area contributed by atoms with Crippen LogP contribution in [-0.4, -0.2) is 16.5 Å². The van der Waals surface area contributed by atoms with Gasteiger partial charge in [0.2, 0.25) is 5.95 Å². The zero-order valence-electron chi connectivity index (χ0n) is 9.25. The first-order valence-electron chi connectivity index (χ1n) is 5.28. The number of hydrogen-bond donors (Lipinski definition) is 1. The SMILES string of the molecule is CCC(CC)CNc1ncc(C)cn1. The number of aryl methyl sites for hydroxylation is 1. The van der Waals surface area contributed by atoms with Crippen LogP contribution in [0, 0.1) is 12.8 Å². The third-order valence-electron chi connectivity index (χ3n) is 2.48. The summed E-state index contributed by atoms with van der Waals surface area (Å²) in [5.74, 6) is 1.46. The van der Waals surface area contributed by atoms with Crippen LogP contribution in [0.1, 0.15) is 32.3 Å². The van der Waals surface area contributed by atoms with Gasteiger partial charge >= 0.3 is 0 Å². The lowest BCUT2D eigenvalue weighted by Gasteiger charge is -2.12. The van der Waals surface area contributed by atoms with Gasteiger partial charge in [0, 0.05) is 18.9 Å². The smallest absolute Gasteiger partial charge is 0.222 e. The molecule has 1 aromatic rings. The van der Waals surface area contributed by atoms with Gasteiger partial charge in [0.1, 0.15) is 0 Å². The standard InChI is InChI=1S/C11H19N3/c1-4-10(5-2)8-14-11-12-6-9(3)7-13-11/h6-7,10H,4-5,8H2,1-3H3,(H,12,13,14). The number of aromatic nitrogens is 2. The summed E-state index contributed by atoms with van der Waals surface area (Å²) < 4.78 is 0. The van der Waals surface area contributed by atoms with Crippen molar-refractivity contribution >= 4 is 5.95 Å². The molecule has 1 rings (SSSR count). The summed E-state index contributed by atoms with van der Waals surface area (Å²) in [7, 11) is 0. The van der Waals surface area contributed by atoms with Gasteiger partial charge in [0.25, 0.3) is 0 Å². The van der Waals surface area contributed by atoms with Crippen molar-refractivity contribution < 1.29 is 0 Å². The molecule has 14 heavy (non-hydrogen) atoms. The van der Waals surface area contributed by atoms with Gasteiger partial charge in [0.05, 0.1) is 0 Å². The zero-order chi connectivity index (χ0) is 10.4. The van der Waals surface area contributed by atoms with Gasteiger partial charge < -0.3 is 5.32 Å². The minimum absolute atomic E-state index is 0.722. The van der Waals surface area contributed by atoms with Crippen molar-refractivity contribution in [1.29, 1.82) is 0 Å². The molecule has 0 aromatic carbocycles. The van der Waals surface area contributed by atoms with Crippen molar-refractivity contribution in [3.8, 4) is 0 Å². The highest BCUT2D eigenvalue weighted by Gasteiger charge is 2.03. The van der Waals surface area contributed by atoms with Crippen LogP contribution in [-0.2, 0) is 0 Å². The van der Waals surface area contributed by atoms with E-state index in [1.54, 1.807) is 0 Å². The van der Waals surface area contributed by atoms with E-state index in [1.165, 1.54) is 12.8 Å². The predicted molar refractivity (Wildman–Crippen MR) is 59.3 cm³/mol. The van der Waals surface area contributed by atoms with E-state index in [0.717, 1.165) is 24.0 Å². The van der Waals surface area contributed by atoms with E-state index in [0.29, 0.717) is 0 Å². The van der Waals surface area contributed by atoms with Crippen LogP contribution in [0.25, 0.3) is 0 Å². The van der Waals surface area contributed by atoms with E-state index < -0.39 is 0 Å². The van der Waals surface area contributed by atoms with E-state index >= 15 is 0 Å². The highest BCUT2D eigenvalue weighted by molar-refractivity contribution is 5.24. The Balaban J connectivity index is 2.41. The lowest BCUT2D eigenvalue weighted by Crippen LogP contribution is -2.14. The van der Waals surface area contributed by atoms with Crippen molar-refractivity contribution in [2.45, 2.75) is 33.6 Å². The number of hydrogen-bond acceptors (Lipinski definition) is 3. The fourth-order valence-corrected chi connectivity index (χ4v) is 1.30. The molecule has 0 radical (unpaired) electrons. The number of rotatable bonds is 5. The third kappa shape index (κ3) is 3.32. The molecular weight excluding hydrogens is 174 g/mol. The van der Waals surface area contributed by atoms with E-state index in [1.807, 2.05) is 19.3 Å². The van der Waals surface area contributed by atoms with Crippen molar-refractivity contribution in [1.82, 2.24) is 9.97 Å². The summed E-state index contributed by atoms with van der Waals surface area (Å²) in [6.45, 7) is 7.39. The maximum Gasteiger partial charge on any atom is 0.222 e. The van der Waals surface area contributed by atoms with Crippen LogP contribution < -0.4 is 5.32 Å². The molecule has 78 valence electrons. The topological polar surface area (TPSA) is 37.8 Å². The van der Waals surface area contributed by atoms with Gasteiger partial charge in [0.15, 0.2) is 0 Å². The third-order valence-corrected chi connectivity index (χ3v) is 2.48. The lowest BCUT2D eigenvalue weighted by molar-refractivity contribution is 0.517. The van der Waals surface area contributed by atoms with Gasteiger partial charge in [-0.3, -0.25) is 0 Å². The molecule has 0 aliphatic carbocycles. The largest absolute Gasteiger partial charge is 0.354 e. The molecular formula is C11H19N3. The van der Waals surface area contributed by atoms with E-state index in [-0.39, 0.29) is 0 Å². The maximum atomic E-state index is 4.20. The minimum Gasteiger partial charge on any atom is -0.354 e. The first kappa shape index (κ1) is 11.0. The van der Waals surface area contributed by atoms with Crippen molar-refractivity contribution in [2.24, 2.45) is 5.92 Å². The van der Waals surface area contributed by atoms with Crippen LogP contribution in [0.15, 0.2) is 12.4 Å². The Morgan fingerprint density at radius 2 is 1.79 bits per heavy atom. The molecule has 3 heteroatoms. The van der Waals surface area contributed by atoms with Crippen molar-refractivity contribution in [3.05, 3.63) is 18.0 Å². The number of nitrogens with zero attached hydrogens (tertiary/aromatic N) is 2. The molecule has 0 unspecified atom stereocenters. The van der Waals surface area contributed by atoms with Crippen molar-refractivity contribution in [3.63, 3.8) is 0 Å². The first-order valence-corrected chi connectivity index (χ1v) is 5.28. The van der Waals surface area contributed by atoms with E-state index in [9.17, 15) is 0 Å². The number of nitrogens with one attached hydrogen (secondary N) is 1. The zero-order valence-corrected chi connectivity index (χ0v) is 9.25. The Labute approximate surface area is 86.0 Å². The molecule has 1 N–H and O–H groups in total. The molecule has 0 saturated carbocycles. The van der Waals surface area contributed by atoms with Crippen LogP contribution in [0.2, 0.25) is 0 Å². The molecule has 1 aromatic heterocycles. The molecule has 0 atom stereocenters. The molecule has 1 heterocycles. The highest BCUT2D eigenvalue weighted by atomic mass is 15.1. The van der Waals surface area contributed by atoms with E-state index in [4.69, 9.17) is 0 Å². The van der Waals surface area contributed by atoms with Crippen LogP contribution in [0.3, 0.4) is 0 Å². The average molecular weight is 193 g/mol. The summed E-state index contributed by atoms with van der Waals surface area (Å²) in [5.41, 5.74) is 1.10. The Hall–Kier alpha value is -1.12. The second kappa shape index (κ2) is 5.58. The Morgan fingerprint density at radius 3 is 2.29 bits per heavy atom. The maximum absolute atomic E-state index is 4.20. The van der Waals surface area contributed by atoms with Gasteiger partial charge in [-0.15, -0.1) is 0 Å². The fourth-order valence-electron chi connectivity index (χ4n) is 1.30. The normalized spacial score (nSPS) is 10.6. The predicted octanol–water partition coefficient (Wildman–Crippen LogP) is 2.63.